The van der Waals surface area contributed by atoms with Crippen LogP contribution in [0.25, 0.3) is 0 Å². The van der Waals surface area contributed by atoms with Gasteiger partial charge in [0.1, 0.15) is 4.60 Å². The number of hydrogen-bond acceptors (Lipinski definition) is 4. The van der Waals surface area contributed by atoms with Gasteiger partial charge >= 0.3 is 0 Å². The number of carbonyl (C=O) groups is 1. The lowest BCUT2D eigenvalue weighted by Gasteiger charge is -2.25. The minimum atomic E-state index is -0.475. The van der Waals surface area contributed by atoms with Gasteiger partial charge in [-0.15, -0.1) is 0 Å². The molecule has 0 saturated carbocycles. The molecule has 5 nitrogen and oxygen atoms in total. The van der Waals surface area contributed by atoms with Crippen LogP contribution in [-0.4, -0.2) is 23.0 Å². The molecule has 0 saturated heterocycles. The maximum atomic E-state index is 11.7. The summed E-state index contributed by atoms with van der Waals surface area (Å²) in [5, 5.41) is 2.73. The highest BCUT2D eigenvalue weighted by molar-refractivity contribution is 9.10. The predicted molar refractivity (Wildman–Crippen MR) is 67.9 cm³/mol. The van der Waals surface area contributed by atoms with Crippen LogP contribution in [0.4, 0.5) is 5.82 Å². The lowest BCUT2D eigenvalue weighted by atomic mass is 10.1. The third-order valence-electron chi connectivity index (χ3n) is 2.51. The Morgan fingerprint density at radius 1 is 1.65 bits per heavy atom. The lowest BCUT2D eigenvalue weighted by Crippen LogP contribution is -2.38. The second kappa shape index (κ2) is 5.01. The summed E-state index contributed by atoms with van der Waals surface area (Å²) in [6.07, 6.45) is 0.882. The Labute approximate surface area is 108 Å². The second-order valence-corrected chi connectivity index (χ2v) is 4.94. The number of carbonyl (C=O) groups excluding carboxylic acids is 1. The lowest BCUT2D eigenvalue weighted by molar-refractivity contribution is -0.123. The smallest absolute Gasteiger partial charge is 0.266 e. The molecule has 6 heteroatoms. The Balaban J connectivity index is 2.10. The van der Waals surface area contributed by atoms with Crippen LogP contribution in [-0.2, 0) is 4.79 Å². The Morgan fingerprint density at radius 2 is 2.41 bits per heavy atom. The SMILES string of the molecule is CC(N)CCC1Oc2ccc(Br)nc2NC1=O. The van der Waals surface area contributed by atoms with Crippen molar-refractivity contribution in [2.24, 2.45) is 5.73 Å². The van der Waals surface area contributed by atoms with Crippen molar-refractivity contribution in [3.05, 3.63) is 16.7 Å². The van der Waals surface area contributed by atoms with Crippen LogP contribution in [0.2, 0.25) is 0 Å². The van der Waals surface area contributed by atoms with Crippen LogP contribution >= 0.6 is 15.9 Å². The number of fused-ring (bicyclic) bond motifs is 1. The van der Waals surface area contributed by atoms with Gasteiger partial charge in [-0.2, -0.15) is 0 Å². The van der Waals surface area contributed by atoms with E-state index >= 15 is 0 Å². The van der Waals surface area contributed by atoms with Crippen molar-refractivity contribution in [3.8, 4) is 5.75 Å². The zero-order valence-corrected chi connectivity index (χ0v) is 11.0. The van der Waals surface area contributed by atoms with E-state index in [0.29, 0.717) is 22.6 Å². The van der Waals surface area contributed by atoms with Crippen LogP contribution < -0.4 is 15.8 Å². The first-order chi connectivity index (χ1) is 8.06. The standard InChI is InChI=1S/C11H14BrN3O2/c1-6(13)2-3-8-11(16)15-10-7(17-8)4-5-9(12)14-10/h4-6,8H,2-3,13H2,1H3,(H,14,15,16). The molecule has 17 heavy (non-hydrogen) atoms. The average Bonchev–Trinajstić information content (AvgIpc) is 2.26. The zero-order chi connectivity index (χ0) is 12.4. The Kier molecular flexibility index (Phi) is 3.63. The number of hydrogen-bond donors (Lipinski definition) is 2. The molecule has 1 aliphatic heterocycles. The number of pyridine rings is 1. The van der Waals surface area contributed by atoms with Crippen LogP contribution in [0.5, 0.6) is 5.75 Å². The quantitative estimate of drug-likeness (QED) is 0.832. The molecule has 2 heterocycles. The van der Waals surface area contributed by atoms with Gasteiger partial charge in [0.05, 0.1) is 0 Å². The first-order valence-electron chi connectivity index (χ1n) is 5.46. The molecule has 3 N–H and O–H groups in total. The summed E-state index contributed by atoms with van der Waals surface area (Å²) in [6, 6.07) is 3.62. The fourth-order valence-electron chi connectivity index (χ4n) is 1.62. The molecule has 0 fully saturated rings. The summed E-state index contributed by atoms with van der Waals surface area (Å²) in [4.78, 5) is 15.9. The van der Waals surface area contributed by atoms with Crippen molar-refractivity contribution in [1.82, 2.24) is 4.98 Å². The van der Waals surface area contributed by atoms with Crippen LogP contribution in [0, 0.1) is 0 Å². The Bertz CT molecular complexity index is 437. The number of ether oxygens (including phenoxy) is 1. The van der Waals surface area contributed by atoms with E-state index in [1.165, 1.54) is 0 Å². The topological polar surface area (TPSA) is 77.2 Å². The summed E-state index contributed by atoms with van der Waals surface area (Å²) in [6.45, 7) is 1.91. The highest BCUT2D eigenvalue weighted by Gasteiger charge is 2.28. The number of nitrogens with zero attached hydrogens (tertiary/aromatic N) is 1. The van der Waals surface area contributed by atoms with Crippen molar-refractivity contribution >= 4 is 27.7 Å². The molecular weight excluding hydrogens is 286 g/mol. The maximum Gasteiger partial charge on any atom is 0.266 e. The van der Waals surface area contributed by atoms with E-state index in [1.807, 2.05) is 6.92 Å². The molecule has 0 radical (unpaired) electrons. The minimum Gasteiger partial charge on any atom is -0.477 e. The average molecular weight is 300 g/mol. The van der Waals surface area contributed by atoms with Gasteiger partial charge < -0.3 is 15.8 Å². The van der Waals surface area contributed by atoms with Gasteiger partial charge in [-0.25, -0.2) is 4.98 Å². The fourth-order valence-corrected chi connectivity index (χ4v) is 1.92. The van der Waals surface area contributed by atoms with Gasteiger partial charge in [-0.1, -0.05) is 0 Å². The third-order valence-corrected chi connectivity index (χ3v) is 2.95. The van der Waals surface area contributed by atoms with Crippen molar-refractivity contribution < 1.29 is 9.53 Å². The van der Waals surface area contributed by atoms with Crippen molar-refractivity contribution in [1.29, 1.82) is 0 Å². The van der Waals surface area contributed by atoms with Gasteiger partial charge in [0.2, 0.25) is 0 Å². The highest BCUT2D eigenvalue weighted by atomic mass is 79.9. The maximum absolute atomic E-state index is 11.7. The number of rotatable bonds is 3. The van der Waals surface area contributed by atoms with Gasteiger partial charge in [0, 0.05) is 6.04 Å². The molecule has 92 valence electrons. The van der Waals surface area contributed by atoms with E-state index in [0.717, 1.165) is 6.42 Å². The van der Waals surface area contributed by atoms with Gasteiger partial charge in [0.25, 0.3) is 5.91 Å². The van der Waals surface area contributed by atoms with E-state index < -0.39 is 6.10 Å². The molecule has 0 aliphatic carbocycles. The number of nitrogens with one attached hydrogen (secondary N) is 1. The van der Waals surface area contributed by atoms with Crippen LogP contribution in [0.15, 0.2) is 16.7 Å². The number of nitrogens with two attached hydrogens (primary N) is 1. The van der Waals surface area contributed by atoms with Gasteiger partial charge in [-0.05, 0) is 47.8 Å². The molecule has 2 unspecified atom stereocenters. The van der Waals surface area contributed by atoms with E-state index in [1.54, 1.807) is 12.1 Å². The minimum absolute atomic E-state index is 0.0656. The molecular formula is C11H14BrN3O2. The summed E-state index contributed by atoms with van der Waals surface area (Å²) in [5.41, 5.74) is 5.66. The van der Waals surface area contributed by atoms with E-state index in [4.69, 9.17) is 10.5 Å². The molecule has 2 atom stereocenters. The molecule has 0 bridgehead atoms. The third kappa shape index (κ3) is 2.95. The predicted octanol–water partition coefficient (Wildman–Crippen LogP) is 1.67. The van der Waals surface area contributed by atoms with Crippen molar-refractivity contribution in [2.45, 2.75) is 31.9 Å². The van der Waals surface area contributed by atoms with E-state index in [2.05, 4.69) is 26.2 Å². The number of aromatic nitrogens is 1. The highest BCUT2D eigenvalue weighted by Crippen LogP contribution is 2.30. The molecule has 1 aromatic heterocycles. The first kappa shape index (κ1) is 12.3. The van der Waals surface area contributed by atoms with Crippen LogP contribution in [0.1, 0.15) is 19.8 Å². The summed E-state index contributed by atoms with van der Waals surface area (Å²) in [5.74, 6) is 0.896. The van der Waals surface area contributed by atoms with Crippen molar-refractivity contribution in [2.75, 3.05) is 5.32 Å². The summed E-state index contributed by atoms with van der Waals surface area (Å²) < 4.78 is 6.26. The molecule has 1 aliphatic rings. The van der Waals surface area contributed by atoms with Gasteiger partial charge in [0.15, 0.2) is 17.7 Å². The van der Waals surface area contributed by atoms with Crippen LogP contribution in [0.3, 0.4) is 0 Å². The molecule has 0 aromatic carbocycles. The van der Waals surface area contributed by atoms with Crippen molar-refractivity contribution in [3.63, 3.8) is 0 Å². The number of anilines is 1. The number of amides is 1. The normalized spacial score (nSPS) is 20.2. The molecule has 1 aromatic rings. The number of halogens is 1. The summed E-state index contributed by atoms with van der Waals surface area (Å²) in [7, 11) is 0. The Hall–Kier alpha value is -1.14. The van der Waals surface area contributed by atoms with E-state index in [-0.39, 0.29) is 11.9 Å². The molecule has 2 rings (SSSR count). The summed E-state index contributed by atoms with van der Waals surface area (Å²) >= 11 is 3.24. The monoisotopic (exact) mass is 299 g/mol. The largest absolute Gasteiger partial charge is 0.477 e. The fraction of sp³-hybridized carbons (Fsp3) is 0.455. The molecule has 1 amide bonds. The second-order valence-electron chi connectivity index (χ2n) is 4.13. The van der Waals surface area contributed by atoms with E-state index in [9.17, 15) is 4.79 Å². The zero-order valence-electron chi connectivity index (χ0n) is 9.44. The Morgan fingerprint density at radius 3 is 3.12 bits per heavy atom. The first-order valence-corrected chi connectivity index (χ1v) is 6.25. The molecule has 0 spiro atoms. The van der Waals surface area contributed by atoms with Gasteiger partial charge in [-0.3, -0.25) is 4.79 Å².